The number of aromatic nitrogens is 1. The molecule has 4 heteroatoms. The van der Waals surface area contributed by atoms with Crippen molar-refractivity contribution in [2.75, 3.05) is 0 Å². The second-order valence-electron chi connectivity index (χ2n) is 4.92. The van der Waals surface area contributed by atoms with E-state index in [0.717, 1.165) is 28.9 Å². The molecule has 0 unspecified atom stereocenters. The summed E-state index contributed by atoms with van der Waals surface area (Å²) < 4.78 is 6.66. The Labute approximate surface area is 115 Å². The Balaban J connectivity index is 1.95. The van der Waals surface area contributed by atoms with Crippen molar-refractivity contribution in [2.45, 2.75) is 32.9 Å². The van der Waals surface area contributed by atoms with E-state index in [2.05, 4.69) is 52.4 Å². The molecule has 3 nitrogen and oxygen atoms in total. The number of hydrogen-bond donors (Lipinski definition) is 1. The van der Waals surface area contributed by atoms with Gasteiger partial charge in [-0.1, -0.05) is 47.1 Å². The van der Waals surface area contributed by atoms with Crippen LogP contribution in [0.4, 0.5) is 0 Å². The Bertz CT molecular complexity index is 589. The van der Waals surface area contributed by atoms with E-state index in [1.807, 2.05) is 6.07 Å². The van der Waals surface area contributed by atoms with Gasteiger partial charge in [-0.2, -0.15) is 0 Å². The van der Waals surface area contributed by atoms with Crippen LogP contribution in [0.25, 0.3) is 11.3 Å². The molecule has 0 radical (unpaired) electrons. The third-order valence-corrected chi connectivity index (χ3v) is 4.01. The molecule has 0 bridgehead atoms. The molecule has 0 aliphatic heterocycles. The SMILES string of the molecule is CC(C)NCc1noc2c1Cc1c(Br)cccc1-2. The fourth-order valence-corrected chi connectivity index (χ4v) is 2.81. The zero-order valence-electron chi connectivity index (χ0n) is 10.5. The Kier molecular flexibility index (Phi) is 2.99. The molecular formula is C14H15BrN2O. The predicted molar refractivity (Wildman–Crippen MR) is 74.4 cm³/mol. The van der Waals surface area contributed by atoms with Crippen molar-refractivity contribution < 1.29 is 4.52 Å². The number of benzene rings is 1. The topological polar surface area (TPSA) is 38.1 Å². The van der Waals surface area contributed by atoms with Crippen molar-refractivity contribution in [3.05, 3.63) is 39.5 Å². The second-order valence-corrected chi connectivity index (χ2v) is 5.77. The number of hydrogen-bond acceptors (Lipinski definition) is 3. The van der Waals surface area contributed by atoms with Crippen LogP contribution >= 0.6 is 15.9 Å². The van der Waals surface area contributed by atoms with Gasteiger partial charge in [0.05, 0.1) is 0 Å². The summed E-state index contributed by atoms with van der Waals surface area (Å²) in [5.74, 6) is 0.937. The van der Waals surface area contributed by atoms with Gasteiger partial charge in [0, 0.05) is 34.6 Å². The third-order valence-electron chi connectivity index (χ3n) is 3.26. The van der Waals surface area contributed by atoms with Gasteiger partial charge >= 0.3 is 0 Å². The van der Waals surface area contributed by atoms with E-state index in [0.29, 0.717) is 6.04 Å². The second kappa shape index (κ2) is 4.52. The zero-order valence-corrected chi connectivity index (χ0v) is 12.0. The van der Waals surface area contributed by atoms with Crippen molar-refractivity contribution in [3.8, 4) is 11.3 Å². The lowest BCUT2D eigenvalue weighted by Gasteiger charge is -2.06. The van der Waals surface area contributed by atoms with Crippen LogP contribution in [0.15, 0.2) is 27.2 Å². The molecule has 1 aromatic heterocycles. The third kappa shape index (κ3) is 1.89. The summed E-state index contributed by atoms with van der Waals surface area (Å²) in [5.41, 5.74) is 4.73. The monoisotopic (exact) mass is 306 g/mol. The van der Waals surface area contributed by atoms with E-state index >= 15 is 0 Å². The van der Waals surface area contributed by atoms with Gasteiger partial charge < -0.3 is 9.84 Å². The molecule has 0 amide bonds. The van der Waals surface area contributed by atoms with Crippen LogP contribution in [0.2, 0.25) is 0 Å². The highest BCUT2D eigenvalue weighted by Gasteiger charge is 2.27. The molecule has 1 N–H and O–H groups in total. The molecule has 1 aliphatic carbocycles. The number of rotatable bonds is 3. The van der Waals surface area contributed by atoms with Crippen molar-refractivity contribution in [1.29, 1.82) is 0 Å². The number of halogens is 1. The maximum Gasteiger partial charge on any atom is 0.171 e. The standard InChI is InChI=1S/C14H15BrN2O/c1-8(2)16-7-13-11-6-10-9(14(11)18-17-13)4-3-5-12(10)15/h3-5,8,16H,6-7H2,1-2H3. The lowest BCUT2D eigenvalue weighted by atomic mass is 10.1. The summed E-state index contributed by atoms with van der Waals surface area (Å²) in [4.78, 5) is 0. The summed E-state index contributed by atoms with van der Waals surface area (Å²) in [7, 11) is 0. The maximum atomic E-state index is 5.51. The Morgan fingerprint density at radius 1 is 1.39 bits per heavy atom. The Morgan fingerprint density at radius 3 is 3.00 bits per heavy atom. The van der Waals surface area contributed by atoms with Gasteiger partial charge in [0.1, 0.15) is 5.69 Å². The van der Waals surface area contributed by atoms with E-state index in [9.17, 15) is 0 Å². The first kappa shape index (κ1) is 11.9. The van der Waals surface area contributed by atoms with Crippen molar-refractivity contribution in [3.63, 3.8) is 0 Å². The van der Waals surface area contributed by atoms with Crippen LogP contribution < -0.4 is 5.32 Å². The van der Waals surface area contributed by atoms with Crippen molar-refractivity contribution in [1.82, 2.24) is 10.5 Å². The molecule has 0 atom stereocenters. The Hall–Kier alpha value is -1.13. The molecule has 94 valence electrons. The molecule has 3 rings (SSSR count). The van der Waals surface area contributed by atoms with Crippen LogP contribution in [0, 0.1) is 0 Å². The predicted octanol–water partition coefficient (Wildman–Crippen LogP) is 3.51. The first-order valence-electron chi connectivity index (χ1n) is 6.15. The molecular weight excluding hydrogens is 292 g/mol. The highest BCUT2D eigenvalue weighted by molar-refractivity contribution is 9.10. The van der Waals surface area contributed by atoms with Crippen LogP contribution in [0.1, 0.15) is 30.7 Å². The van der Waals surface area contributed by atoms with Gasteiger partial charge in [0.25, 0.3) is 0 Å². The van der Waals surface area contributed by atoms with Crippen LogP contribution in [-0.2, 0) is 13.0 Å². The highest BCUT2D eigenvalue weighted by Crippen LogP contribution is 2.41. The number of fused-ring (bicyclic) bond motifs is 3. The van der Waals surface area contributed by atoms with Gasteiger partial charge in [-0.25, -0.2) is 0 Å². The first-order valence-corrected chi connectivity index (χ1v) is 6.94. The quantitative estimate of drug-likeness (QED) is 0.805. The number of nitrogens with one attached hydrogen (secondary N) is 1. The molecule has 1 heterocycles. The van der Waals surface area contributed by atoms with Crippen LogP contribution in [0.3, 0.4) is 0 Å². The summed E-state index contributed by atoms with van der Waals surface area (Å²) in [5, 5.41) is 7.57. The van der Waals surface area contributed by atoms with Crippen molar-refractivity contribution >= 4 is 15.9 Å². The number of nitrogens with zero attached hydrogens (tertiary/aromatic N) is 1. The first-order chi connectivity index (χ1) is 8.66. The van der Waals surface area contributed by atoms with Gasteiger partial charge in [-0.15, -0.1) is 0 Å². The van der Waals surface area contributed by atoms with E-state index < -0.39 is 0 Å². The van der Waals surface area contributed by atoms with Gasteiger partial charge in [-0.05, 0) is 11.6 Å². The fraction of sp³-hybridized carbons (Fsp3) is 0.357. The molecule has 0 saturated carbocycles. The summed E-state index contributed by atoms with van der Waals surface area (Å²) in [6, 6.07) is 6.65. The van der Waals surface area contributed by atoms with Crippen LogP contribution in [-0.4, -0.2) is 11.2 Å². The highest BCUT2D eigenvalue weighted by atomic mass is 79.9. The minimum atomic E-state index is 0.452. The summed E-state index contributed by atoms with van der Waals surface area (Å²) in [6.45, 7) is 5.03. The minimum absolute atomic E-state index is 0.452. The fourth-order valence-electron chi connectivity index (χ4n) is 2.30. The average Bonchev–Trinajstić information content (AvgIpc) is 2.87. The van der Waals surface area contributed by atoms with Gasteiger partial charge in [-0.3, -0.25) is 0 Å². The molecule has 0 spiro atoms. The molecule has 0 saturated heterocycles. The molecule has 1 aliphatic rings. The van der Waals surface area contributed by atoms with E-state index in [4.69, 9.17) is 4.52 Å². The minimum Gasteiger partial charge on any atom is -0.356 e. The van der Waals surface area contributed by atoms with Crippen LogP contribution in [0.5, 0.6) is 0 Å². The molecule has 1 aromatic carbocycles. The van der Waals surface area contributed by atoms with E-state index in [1.165, 1.54) is 16.7 Å². The van der Waals surface area contributed by atoms with Gasteiger partial charge in [0.2, 0.25) is 0 Å². The smallest absolute Gasteiger partial charge is 0.171 e. The lowest BCUT2D eigenvalue weighted by molar-refractivity contribution is 0.417. The summed E-state index contributed by atoms with van der Waals surface area (Å²) in [6.07, 6.45) is 0.907. The van der Waals surface area contributed by atoms with Crippen molar-refractivity contribution in [2.24, 2.45) is 0 Å². The molecule has 18 heavy (non-hydrogen) atoms. The molecule has 2 aromatic rings. The lowest BCUT2D eigenvalue weighted by Crippen LogP contribution is -2.22. The van der Waals surface area contributed by atoms with E-state index in [1.54, 1.807) is 0 Å². The largest absolute Gasteiger partial charge is 0.356 e. The van der Waals surface area contributed by atoms with Gasteiger partial charge in [0.15, 0.2) is 5.76 Å². The normalized spacial score (nSPS) is 12.9. The average molecular weight is 307 g/mol. The maximum absolute atomic E-state index is 5.51. The van der Waals surface area contributed by atoms with E-state index in [-0.39, 0.29) is 0 Å². The summed E-state index contributed by atoms with van der Waals surface area (Å²) >= 11 is 3.60. The zero-order chi connectivity index (χ0) is 12.7. The Morgan fingerprint density at radius 2 is 2.22 bits per heavy atom. The molecule has 0 fully saturated rings.